The van der Waals surface area contributed by atoms with Crippen LogP contribution >= 0.6 is 11.6 Å². The molecule has 1 aromatic rings. The van der Waals surface area contributed by atoms with E-state index in [1.54, 1.807) is 0 Å². The molecule has 6 nitrogen and oxygen atoms in total. The van der Waals surface area contributed by atoms with E-state index in [2.05, 4.69) is 10.3 Å². The van der Waals surface area contributed by atoms with Gasteiger partial charge in [0, 0.05) is 6.54 Å². The molecule has 1 amide bonds. The van der Waals surface area contributed by atoms with E-state index in [9.17, 15) is 14.9 Å². The molecule has 7 heteroatoms. The van der Waals surface area contributed by atoms with Gasteiger partial charge in [0.2, 0.25) is 0 Å². The van der Waals surface area contributed by atoms with Gasteiger partial charge in [-0.25, -0.2) is 4.98 Å². The third kappa shape index (κ3) is 3.66. The lowest BCUT2D eigenvalue weighted by Crippen LogP contribution is -2.26. The van der Waals surface area contributed by atoms with Crippen molar-refractivity contribution in [3.05, 3.63) is 33.1 Å². The first-order valence-electron chi connectivity index (χ1n) is 6.66. The van der Waals surface area contributed by atoms with Crippen molar-refractivity contribution in [2.24, 2.45) is 5.92 Å². The van der Waals surface area contributed by atoms with Gasteiger partial charge in [0.1, 0.15) is 16.9 Å². The number of nitrogens with zero attached hydrogens (tertiary/aromatic N) is 2. The van der Waals surface area contributed by atoms with Crippen molar-refractivity contribution < 1.29 is 9.72 Å². The summed E-state index contributed by atoms with van der Waals surface area (Å²) in [4.78, 5) is 25.9. The largest absolute Gasteiger partial charge is 0.352 e. The van der Waals surface area contributed by atoms with E-state index in [-0.39, 0.29) is 16.4 Å². The number of halogens is 1. The molecule has 1 fully saturated rings. The first-order chi connectivity index (χ1) is 9.58. The van der Waals surface area contributed by atoms with Gasteiger partial charge in [0.25, 0.3) is 11.6 Å². The summed E-state index contributed by atoms with van der Waals surface area (Å²) in [5.74, 6) is 0.185. The molecule has 0 aromatic carbocycles. The number of aromatic nitrogens is 1. The summed E-state index contributed by atoms with van der Waals surface area (Å²) in [7, 11) is 0. The molecular formula is C13H16ClN3O3. The Balaban J connectivity index is 1.97. The Kier molecular flexibility index (Phi) is 4.89. The molecule has 0 saturated heterocycles. The molecule has 0 bridgehead atoms. The highest BCUT2D eigenvalue weighted by Gasteiger charge is 2.21. The third-order valence-electron chi connectivity index (χ3n) is 3.60. The minimum Gasteiger partial charge on any atom is -0.352 e. The lowest BCUT2D eigenvalue weighted by molar-refractivity contribution is -0.385. The molecule has 1 aliphatic rings. The van der Waals surface area contributed by atoms with Crippen LogP contribution in [0.5, 0.6) is 0 Å². The number of hydrogen-bond acceptors (Lipinski definition) is 4. The van der Waals surface area contributed by atoms with Crippen LogP contribution in [-0.2, 0) is 0 Å². The third-order valence-corrected chi connectivity index (χ3v) is 3.81. The normalized spacial score (nSPS) is 15.2. The predicted octanol–water partition coefficient (Wildman–Crippen LogP) is 2.95. The fraction of sp³-hybridized carbons (Fsp3) is 0.538. The van der Waals surface area contributed by atoms with Crippen molar-refractivity contribution in [1.29, 1.82) is 0 Å². The molecule has 2 rings (SSSR count). The first-order valence-corrected chi connectivity index (χ1v) is 7.04. The predicted molar refractivity (Wildman–Crippen MR) is 74.8 cm³/mol. The van der Waals surface area contributed by atoms with Crippen molar-refractivity contribution in [2.75, 3.05) is 6.54 Å². The van der Waals surface area contributed by atoms with Crippen LogP contribution < -0.4 is 5.32 Å². The van der Waals surface area contributed by atoms with E-state index in [1.807, 2.05) is 0 Å². The SMILES string of the molecule is O=C(NCCC1CCCC1)c1cc(Cl)ncc1[N+](=O)[O-]. The average Bonchev–Trinajstić information content (AvgIpc) is 2.91. The number of hydrogen-bond donors (Lipinski definition) is 1. The maximum absolute atomic E-state index is 12.0. The number of carbonyl (C=O) groups is 1. The molecule has 1 aliphatic carbocycles. The molecule has 0 aliphatic heterocycles. The van der Waals surface area contributed by atoms with Crippen molar-refractivity contribution in [3.8, 4) is 0 Å². The Labute approximate surface area is 121 Å². The van der Waals surface area contributed by atoms with Crippen LogP contribution in [0, 0.1) is 16.0 Å². The smallest absolute Gasteiger partial charge is 0.300 e. The van der Waals surface area contributed by atoms with Crippen molar-refractivity contribution in [2.45, 2.75) is 32.1 Å². The molecule has 1 N–H and O–H groups in total. The van der Waals surface area contributed by atoms with E-state index >= 15 is 0 Å². The van der Waals surface area contributed by atoms with Crippen LogP contribution in [-0.4, -0.2) is 22.4 Å². The molecule has 0 atom stereocenters. The number of carbonyl (C=O) groups excluding carboxylic acids is 1. The molecule has 1 saturated carbocycles. The minimum absolute atomic E-state index is 0.0404. The number of amides is 1. The van der Waals surface area contributed by atoms with Crippen LogP contribution in [0.1, 0.15) is 42.5 Å². The van der Waals surface area contributed by atoms with Crippen molar-refractivity contribution in [3.63, 3.8) is 0 Å². The average molecular weight is 298 g/mol. The molecule has 0 unspecified atom stereocenters. The first kappa shape index (κ1) is 14.7. The lowest BCUT2D eigenvalue weighted by Gasteiger charge is -2.10. The second-order valence-electron chi connectivity index (χ2n) is 4.98. The van der Waals surface area contributed by atoms with Gasteiger partial charge in [-0.2, -0.15) is 0 Å². The minimum atomic E-state index is -0.630. The fourth-order valence-corrected chi connectivity index (χ4v) is 2.69. The van der Waals surface area contributed by atoms with Gasteiger partial charge in [-0.1, -0.05) is 37.3 Å². The van der Waals surface area contributed by atoms with Crippen molar-refractivity contribution in [1.82, 2.24) is 10.3 Å². The fourth-order valence-electron chi connectivity index (χ4n) is 2.53. The van der Waals surface area contributed by atoms with Gasteiger partial charge in [-0.05, 0) is 18.4 Å². The standard InChI is InChI=1S/C13H16ClN3O3/c14-12-7-10(11(8-16-12)17(19)20)13(18)15-6-5-9-3-1-2-4-9/h7-9H,1-6H2,(H,15,18). The zero-order valence-corrected chi connectivity index (χ0v) is 11.7. The van der Waals surface area contributed by atoms with E-state index in [4.69, 9.17) is 11.6 Å². The Bertz CT molecular complexity index is 516. The Hall–Kier alpha value is -1.69. The highest BCUT2D eigenvalue weighted by atomic mass is 35.5. The zero-order valence-electron chi connectivity index (χ0n) is 11.0. The van der Waals surface area contributed by atoms with E-state index < -0.39 is 10.8 Å². The van der Waals surface area contributed by atoms with Crippen LogP contribution in [0.25, 0.3) is 0 Å². The van der Waals surface area contributed by atoms with Gasteiger partial charge < -0.3 is 5.32 Å². The molecule has 1 aromatic heterocycles. The van der Waals surface area contributed by atoms with Crippen LogP contribution in [0.3, 0.4) is 0 Å². The number of pyridine rings is 1. The van der Waals surface area contributed by atoms with Crippen molar-refractivity contribution >= 4 is 23.2 Å². The Morgan fingerprint density at radius 1 is 1.50 bits per heavy atom. The summed E-state index contributed by atoms with van der Waals surface area (Å²) in [6.07, 6.45) is 6.84. The summed E-state index contributed by atoms with van der Waals surface area (Å²) in [6, 6.07) is 1.23. The molecule has 1 heterocycles. The number of rotatable bonds is 5. The van der Waals surface area contributed by atoms with Gasteiger partial charge in [0.15, 0.2) is 0 Å². The molecule has 0 radical (unpaired) electrons. The summed E-state index contributed by atoms with van der Waals surface area (Å²) >= 11 is 5.69. The summed E-state index contributed by atoms with van der Waals surface area (Å²) < 4.78 is 0. The van der Waals surface area contributed by atoms with Gasteiger partial charge in [-0.15, -0.1) is 0 Å². The zero-order chi connectivity index (χ0) is 14.5. The maximum Gasteiger partial charge on any atom is 0.300 e. The van der Waals surface area contributed by atoms with Crippen LogP contribution in [0.15, 0.2) is 12.3 Å². The molecule has 20 heavy (non-hydrogen) atoms. The van der Waals surface area contributed by atoms with Gasteiger partial charge >= 0.3 is 0 Å². The Morgan fingerprint density at radius 3 is 2.85 bits per heavy atom. The molecular weight excluding hydrogens is 282 g/mol. The van der Waals surface area contributed by atoms with Crippen LogP contribution in [0.4, 0.5) is 5.69 Å². The summed E-state index contributed by atoms with van der Waals surface area (Å²) in [6.45, 7) is 0.528. The highest BCUT2D eigenvalue weighted by Crippen LogP contribution is 2.27. The Morgan fingerprint density at radius 2 is 2.20 bits per heavy atom. The van der Waals surface area contributed by atoms with E-state index in [1.165, 1.54) is 31.7 Å². The maximum atomic E-state index is 12.0. The number of nitrogens with one attached hydrogen (secondary N) is 1. The number of nitro groups is 1. The highest BCUT2D eigenvalue weighted by molar-refractivity contribution is 6.29. The monoisotopic (exact) mass is 297 g/mol. The topological polar surface area (TPSA) is 85.1 Å². The summed E-state index contributed by atoms with van der Waals surface area (Å²) in [5.41, 5.74) is -0.366. The second kappa shape index (κ2) is 6.65. The van der Waals surface area contributed by atoms with E-state index in [0.717, 1.165) is 12.6 Å². The second-order valence-corrected chi connectivity index (χ2v) is 5.36. The van der Waals surface area contributed by atoms with Gasteiger partial charge in [-0.3, -0.25) is 14.9 Å². The van der Waals surface area contributed by atoms with E-state index in [0.29, 0.717) is 12.5 Å². The van der Waals surface area contributed by atoms with Gasteiger partial charge in [0.05, 0.1) is 4.92 Å². The van der Waals surface area contributed by atoms with Crippen LogP contribution in [0.2, 0.25) is 5.15 Å². The summed E-state index contributed by atoms with van der Waals surface area (Å²) in [5, 5.41) is 13.6. The molecule has 0 spiro atoms. The molecule has 108 valence electrons. The lowest BCUT2D eigenvalue weighted by atomic mass is 10.0. The quantitative estimate of drug-likeness (QED) is 0.514.